The molecule has 0 bridgehead atoms. The smallest absolute Gasteiger partial charge is 0.0469 e. The van der Waals surface area contributed by atoms with Crippen molar-refractivity contribution in [2.75, 3.05) is 39.3 Å². The number of anilines is 1. The van der Waals surface area contributed by atoms with Crippen molar-refractivity contribution in [1.29, 1.82) is 0 Å². The zero-order chi connectivity index (χ0) is 13.0. The Kier molecular flexibility index (Phi) is 4.61. The first-order chi connectivity index (χ1) is 8.72. The Morgan fingerprint density at radius 2 is 1.78 bits per heavy atom. The molecule has 1 atom stereocenters. The lowest BCUT2D eigenvalue weighted by Gasteiger charge is -2.30. The lowest BCUT2D eigenvalue weighted by molar-refractivity contribution is 0.0546. The van der Waals surface area contributed by atoms with E-state index in [1.807, 2.05) is 0 Å². The van der Waals surface area contributed by atoms with Gasteiger partial charge in [-0.3, -0.25) is 0 Å². The molecule has 1 N–H and O–H groups in total. The van der Waals surface area contributed by atoms with Gasteiger partial charge in [-0.2, -0.15) is 0 Å². The van der Waals surface area contributed by atoms with Crippen LogP contribution >= 0.6 is 0 Å². The third kappa shape index (κ3) is 3.03. The fraction of sp³-hybridized carbons (Fsp3) is 0.600. The molecule has 3 nitrogen and oxygen atoms in total. The van der Waals surface area contributed by atoms with Crippen LogP contribution in [0.25, 0.3) is 0 Å². The minimum Gasteiger partial charge on any atom is -0.381 e. The molecule has 0 spiro atoms. The number of rotatable bonds is 4. The maximum absolute atomic E-state index is 5.45. The van der Waals surface area contributed by atoms with Gasteiger partial charge in [0, 0.05) is 39.0 Å². The Bertz CT molecular complexity index is 355. The van der Waals surface area contributed by atoms with Gasteiger partial charge in [0.2, 0.25) is 0 Å². The second kappa shape index (κ2) is 6.21. The quantitative estimate of drug-likeness (QED) is 0.885. The van der Waals surface area contributed by atoms with E-state index in [-0.39, 0.29) is 0 Å². The number of nitrogens with zero attached hydrogens (tertiary/aromatic N) is 1. The van der Waals surface area contributed by atoms with Gasteiger partial charge < -0.3 is 15.0 Å². The van der Waals surface area contributed by atoms with Crippen molar-refractivity contribution in [3.63, 3.8) is 0 Å². The lowest BCUT2D eigenvalue weighted by atomic mass is 9.87. The molecule has 0 radical (unpaired) electrons. The van der Waals surface area contributed by atoms with E-state index in [4.69, 9.17) is 4.74 Å². The minimum atomic E-state index is 0.449. The van der Waals surface area contributed by atoms with E-state index in [0.29, 0.717) is 12.0 Å². The van der Waals surface area contributed by atoms with E-state index in [9.17, 15) is 0 Å². The summed E-state index contributed by atoms with van der Waals surface area (Å²) in [6, 6.07) is 9.32. The van der Waals surface area contributed by atoms with Crippen LogP contribution in [0.2, 0.25) is 0 Å². The van der Waals surface area contributed by atoms with Crippen LogP contribution in [0, 0.1) is 5.92 Å². The standard InChI is InChI=1S/C15H24N2O/c1-16-15(13-8-10-18-11-9-13)12-4-6-14(7-5-12)17(2)3/h4-7,13,15-16H,8-11H2,1-3H3. The van der Waals surface area contributed by atoms with Crippen LogP contribution < -0.4 is 10.2 Å². The van der Waals surface area contributed by atoms with Crippen molar-refractivity contribution in [3.05, 3.63) is 29.8 Å². The number of hydrogen-bond donors (Lipinski definition) is 1. The van der Waals surface area contributed by atoms with E-state index in [2.05, 4.69) is 55.6 Å². The van der Waals surface area contributed by atoms with Gasteiger partial charge in [0.15, 0.2) is 0 Å². The SMILES string of the molecule is CNC(c1ccc(N(C)C)cc1)C1CCOCC1. The first kappa shape index (κ1) is 13.4. The topological polar surface area (TPSA) is 24.5 Å². The summed E-state index contributed by atoms with van der Waals surface area (Å²) in [4.78, 5) is 2.13. The summed E-state index contributed by atoms with van der Waals surface area (Å²) in [5.41, 5.74) is 2.63. The number of ether oxygens (including phenoxy) is 1. The second-order valence-corrected chi connectivity index (χ2v) is 5.20. The Balaban J connectivity index is 2.11. The lowest BCUT2D eigenvalue weighted by Crippen LogP contribution is -2.30. The molecule has 1 aromatic carbocycles. The largest absolute Gasteiger partial charge is 0.381 e. The van der Waals surface area contributed by atoms with Crippen LogP contribution in [0.5, 0.6) is 0 Å². The molecular weight excluding hydrogens is 224 g/mol. The molecule has 1 aliphatic heterocycles. The van der Waals surface area contributed by atoms with Gasteiger partial charge in [0.25, 0.3) is 0 Å². The van der Waals surface area contributed by atoms with Crippen LogP contribution in [-0.4, -0.2) is 34.4 Å². The van der Waals surface area contributed by atoms with Crippen molar-refractivity contribution in [2.45, 2.75) is 18.9 Å². The van der Waals surface area contributed by atoms with Crippen molar-refractivity contribution in [2.24, 2.45) is 5.92 Å². The maximum atomic E-state index is 5.45. The van der Waals surface area contributed by atoms with Gasteiger partial charge in [0.1, 0.15) is 0 Å². The van der Waals surface area contributed by atoms with Crippen LogP contribution in [0.1, 0.15) is 24.4 Å². The van der Waals surface area contributed by atoms with Crippen molar-refractivity contribution in [3.8, 4) is 0 Å². The van der Waals surface area contributed by atoms with Gasteiger partial charge in [-0.15, -0.1) is 0 Å². The van der Waals surface area contributed by atoms with Crippen LogP contribution in [0.4, 0.5) is 5.69 Å². The molecule has 1 heterocycles. The predicted octanol–water partition coefficient (Wildman–Crippen LogP) is 2.44. The summed E-state index contributed by atoms with van der Waals surface area (Å²) in [5, 5.41) is 3.47. The van der Waals surface area contributed by atoms with Gasteiger partial charge in [-0.25, -0.2) is 0 Å². The van der Waals surface area contributed by atoms with Gasteiger partial charge >= 0.3 is 0 Å². The highest BCUT2D eigenvalue weighted by Crippen LogP contribution is 2.30. The van der Waals surface area contributed by atoms with E-state index in [0.717, 1.165) is 26.1 Å². The van der Waals surface area contributed by atoms with Crippen molar-refractivity contribution >= 4 is 5.69 Å². The molecule has 0 amide bonds. The molecule has 1 fully saturated rings. The Morgan fingerprint density at radius 1 is 1.17 bits per heavy atom. The van der Waals surface area contributed by atoms with E-state index in [1.54, 1.807) is 0 Å². The molecule has 100 valence electrons. The third-order valence-corrected chi connectivity index (χ3v) is 3.82. The summed E-state index contributed by atoms with van der Waals surface area (Å²) in [6.45, 7) is 1.80. The number of benzene rings is 1. The molecular formula is C15H24N2O. The van der Waals surface area contributed by atoms with Crippen molar-refractivity contribution in [1.82, 2.24) is 5.32 Å². The van der Waals surface area contributed by atoms with Crippen LogP contribution in [0.3, 0.4) is 0 Å². The summed E-state index contributed by atoms with van der Waals surface area (Å²) in [7, 11) is 6.20. The summed E-state index contributed by atoms with van der Waals surface area (Å²) in [5.74, 6) is 0.689. The Morgan fingerprint density at radius 3 is 2.28 bits per heavy atom. The maximum Gasteiger partial charge on any atom is 0.0469 e. The molecule has 1 aliphatic rings. The molecule has 1 unspecified atom stereocenters. The first-order valence-corrected chi connectivity index (χ1v) is 6.74. The summed E-state index contributed by atoms with van der Waals surface area (Å²) < 4.78 is 5.45. The van der Waals surface area contributed by atoms with Gasteiger partial charge in [-0.05, 0) is 43.5 Å². The zero-order valence-electron chi connectivity index (χ0n) is 11.6. The molecule has 0 saturated carbocycles. The average molecular weight is 248 g/mol. The molecule has 0 aliphatic carbocycles. The van der Waals surface area contributed by atoms with Crippen molar-refractivity contribution < 1.29 is 4.74 Å². The van der Waals surface area contributed by atoms with Crippen LogP contribution in [0.15, 0.2) is 24.3 Å². The van der Waals surface area contributed by atoms with Gasteiger partial charge in [0.05, 0.1) is 0 Å². The second-order valence-electron chi connectivity index (χ2n) is 5.20. The monoisotopic (exact) mass is 248 g/mol. The van der Waals surface area contributed by atoms with E-state index < -0.39 is 0 Å². The molecule has 0 aromatic heterocycles. The fourth-order valence-electron chi connectivity index (χ4n) is 2.70. The highest BCUT2D eigenvalue weighted by atomic mass is 16.5. The highest BCUT2D eigenvalue weighted by molar-refractivity contribution is 5.46. The molecule has 3 heteroatoms. The van der Waals surface area contributed by atoms with Gasteiger partial charge in [-0.1, -0.05) is 12.1 Å². The predicted molar refractivity (Wildman–Crippen MR) is 76.1 cm³/mol. The molecule has 18 heavy (non-hydrogen) atoms. The molecule has 2 rings (SSSR count). The normalized spacial score (nSPS) is 18.6. The number of hydrogen-bond acceptors (Lipinski definition) is 3. The summed E-state index contributed by atoms with van der Waals surface area (Å²) >= 11 is 0. The number of nitrogens with one attached hydrogen (secondary N) is 1. The highest BCUT2D eigenvalue weighted by Gasteiger charge is 2.23. The van der Waals surface area contributed by atoms with Crippen LogP contribution in [-0.2, 0) is 4.74 Å². The molecule has 1 aromatic rings. The Hall–Kier alpha value is -1.06. The first-order valence-electron chi connectivity index (χ1n) is 6.74. The zero-order valence-corrected chi connectivity index (χ0v) is 11.6. The minimum absolute atomic E-state index is 0.449. The van der Waals surface area contributed by atoms with E-state index in [1.165, 1.54) is 11.3 Å². The Labute approximate surface area is 110 Å². The fourth-order valence-corrected chi connectivity index (χ4v) is 2.70. The third-order valence-electron chi connectivity index (χ3n) is 3.82. The molecule has 1 saturated heterocycles. The summed E-state index contributed by atoms with van der Waals surface area (Å²) in [6.07, 6.45) is 2.31. The van der Waals surface area contributed by atoms with E-state index >= 15 is 0 Å². The average Bonchev–Trinajstić information content (AvgIpc) is 2.41.